The van der Waals surface area contributed by atoms with Crippen molar-refractivity contribution in [2.24, 2.45) is 0 Å². The van der Waals surface area contributed by atoms with Gasteiger partial charge in [0.1, 0.15) is 6.10 Å². The van der Waals surface area contributed by atoms with Gasteiger partial charge in [-0.2, -0.15) is 0 Å². The molecule has 1 aliphatic rings. The number of aliphatic hydroxyl groups is 2. The normalized spacial score (nSPS) is 15.2. The summed E-state index contributed by atoms with van der Waals surface area (Å²) in [5, 5.41) is 20.2. The van der Waals surface area contributed by atoms with Crippen molar-refractivity contribution in [2.45, 2.75) is 19.1 Å². The standard InChI is InChI=1S/C19H16O6/c1-2-25-19(24)18(23)15(20)10-7-8-13-14(9-10)11-5-3-4-6-12(11)16(21)17(13)22/h3-9,15,18,20,23H,2H2,1H3. The molecule has 128 valence electrons. The predicted octanol–water partition coefficient (Wildman–Crippen LogP) is 1.69. The monoisotopic (exact) mass is 340 g/mol. The summed E-state index contributed by atoms with van der Waals surface area (Å²) in [6.45, 7) is 1.67. The van der Waals surface area contributed by atoms with Crippen molar-refractivity contribution in [3.63, 3.8) is 0 Å². The van der Waals surface area contributed by atoms with E-state index < -0.39 is 29.7 Å². The second-order valence-electron chi connectivity index (χ2n) is 5.65. The molecule has 0 amide bonds. The minimum absolute atomic E-state index is 0.0801. The largest absolute Gasteiger partial charge is 0.464 e. The van der Waals surface area contributed by atoms with Gasteiger partial charge in [0.2, 0.25) is 11.6 Å². The summed E-state index contributed by atoms with van der Waals surface area (Å²) < 4.78 is 4.70. The zero-order valence-corrected chi connectivity index (χ0v) is 13.4. The van der Waals surface area contributed by atoms with E-state index in [9.17, 15) is 24.6 Å². The molecule has 0 fully saturated rings. The van der Waals surface area contributed by atoms with Gasteiger partial charge in [-0.25, -0.2) is 4.79 Å². The Labute approximate surface area is 143 Å². The quantitative estimate of drug-likeness (QED) is 0.649. The van der Waals surface area contributed by atoms with E-state index in [0.29, 0.717) is 11.1 Å². The van der Waals surface area contributed by atoms with E-state index in [0.717, 1.165) is 0 Å². The SMILES string of the molecule is CCOC(=O)C(O)C(O)c1ccc2c(c1)-c1ccccc1C(=O)C2=O. The molecule has 2 aromatic carbocycles. The lowest BCUT2D eigenvalue weighted by Gasteiger charge is -2.21. The first-order valence-electron chi connectivity index (χ1n) is 7.80. The maximum atomic E-state index is 12.3. The number of Topliss-reactive ketones (excluding diaryl/α,β-unsaturated/α-hetero) is 2. The molecule has 2 unspecified atom stereocenters. The van der Waals surface area contributed by atoms with Gasteiger partial charge in [0.15, 0.2) is 6.10 Å². The summed E-state index contributed by atoms with van der Waals surface area (Å²) in [6, 6.07) is 11.0. The molecule has 2 N–H and O–H groups in total. The van der Waals surface area contributed by atoms with E-state index in [4.69, 9.17) is 4.74 Å². The maximum Gasteiger partial charge on any atom is 0.338 e. The van der Waals surface area contributed by atoms with Gasteiger partial charge in [0.25, 0.3) is 0 Å². The van der Waals surface area contributed by atoms with Crippen molar-refractivity contribution in [1.82, 2.24) is 0 Å². The number of ketones is 2. The highest BCUT2D eigenvalue weighted by molar-refractivity contribution is 6.52. The second-order valence-corrected chi connectivity index (χ2v) is 5.65. The third kappa shape index (κ3) is 2.86. The fraction of sp³-hybridized carbons (Fsp3) is 0.211. The Balaban J connectivity index is 2.04. The zero-order chi connectivity index (χ0) is 18.1. The number of ether oxygens (including phenoxy) is 1. The van der Waals surface area contributed by atoms with Gasteiger partial charge < -0.3 is 14.9 Å². The first kappa shape index (κ1) is 17.0. The minimum atomic E-state index is -1.74. The van der Waals surface area contributed by atoms with Crippen molar-refractivity contribution >= 4 is 17.5 Å². The fourth-order valence-corrected chi connectivity index (χ4v) is 2.87. The van der Waals surface area contributed by atoms with Crippen LogP contribution in [0.3, 0.4) is 0 Å². The molecule has 3 rings (SSSR count). The van der Waals surface area contributed by atoms with E-state index in [1.54, 1.807) is 31.2 Å². The highest BCUT2D eigenvalue weighted by Crippen LogP contribution is 2.35. The maximum absolute atomic E-state index is 12.3. The zero-order valence-electron chi connectivity index (χ0n) is 13.4. The summed E-state index contributed by atoms with van der Waals surface area (Å²) in [4.78, 5) is 36.0. The molecule has 25 heavy (non-hydrogen) atoms. The molecule has 0 heterocycles. The number of rotatable bonds is 4. The smallest absolute Gasteiger partial charge is 0.338 e. The highest BCUT2D eigenvalue weighted by Gasteiger charge is 2.32. The van der Waals surface area contributed by atoms with E-state index in [1.165, 1.54) is 18.2 Å². The summed E-state index contributed by atoms with van der Waals surface area (Å²) in [5.41, 5.74) is 1.81. The van der Waals surface area contributed by atoms with Gasteiger partial charge >= 0.3 is 5.97 Å². The number of hydrogen-bond donors (Lipinski definition) is 2. The van der Waals surface area contributed by atoms with Crippen LogP contribution >= 0.6 is 0 Å². The Morgan fingerprint density at radius 1 is 0.960 bits per heavy atom. The Kier molecular flexibility index (Phi) is 4.48. The van der Waals surface area contributed by atoms with E-state index >= 15 is 0 Å². The number of fused-ring (bicyclic) bond motifs is 3. The summed E-state index contributed by atoms with van der Waals surface area (Å²) in [6.07, 6.45) is -3.25. The van der Waals surface area contributed by atoms with Crippen LogP contribution in [0.4, 0.5) is 0 Å². The highest BCUT2D eigenvalue weighted by atomic mass is 16.5. The predicted molar refractivity (Wildman–Crippen MR) is 88.1 cm³/mol. The van der Waals surface area contributed by atoms with Crippen LogP contribution in [0.25, 0.3) is 11.1 Å². The topological polar surface area (TPSA) is 101 Å². The summed E-state index contributed by atoms with van der Waals surface area (Å²) >= 11 is 0. The van der Waals surface area contributed by atoms with Crippen LogP contribution in [0.2, 0.25) is 0 Å². The Morgan fingerprint density at radius 2 is 1.56 bits per heavy atom. The van der Waals surface area contributed by atoms with Gasteiger partial charge in [-0.1, -0.05) is 30.3 Å². The summed E-state index contributed by atoms with van der Waals surface area (Å²) in [7, 11) is 0. The van der Waals surface area contributed by atoms with E-state index in [-0.39, 0.29) is 23.3 Å². The van der Waals surface area contributed by atoms with Gasteiger partial charge in [-0.3, -0.25) is 9.59 Å². The molecule has 0 radical (unpaired) electrons. The molecule has 0 aromatic heterocycles. The van der Waals surface area contributed by atoms with Crippen molar-refractivity contribution < 1.29 is 29.3 Å². The number of carbonyl (C=O) groups is 3. The molecule has 2 atom stereocenters. The molecule has 0 aliphatic heterocycles. The van der Waals surface area contributed by atoms with Crippen LogP contribution in [0.15, 0.2) is 42.5 Å². The van der Waals surface area contributed by atoms with Crippen LogP contribution in [-0.2, 0) is 9.53 Å². The molecule has 6 nitrogen and oxygen atoms in total. The van der Waals surface area contributed by atoms with Crippen molar-refractivity contribution in [3.8, 4) is 11.1 Å². The third-order valence-electron chi connectivity index (χ3n) is 4.13. The van der Waals surface area contributed by atoms with Crippen molar-refractivity contribution in [1.29, 1.82) is 0 Å². The molecule has 6 heteroatoms. The lowest BCUT2D eigenvalue weighted by molar-refractivity contribution is -0.159. The van der Waals surface area contributed by atoms with Crippen molar-refractivity contribution in [3.05, 3.63) is 59.2 Å². The number of aliphatic hydroxyl groups excluding tert-OH is 2. The van der Waals surface area contributed by atoms with Gasteiger partial charge in [0.05, 0.1) is 6.61 Å². The van der Waals surface area contributed by atoms with Gasteiger partial charge in [-0.15, -0.1) is 0 Å². The fourth-order valence-electron chi connectivity index (χ4n) is 2.87. The van der Waals surface area contributed by atoms with Crippen molar-refractivity contribution in [2.75, 3.05) is 6.61 Å². The van der Waals surface area contributed by atoms with E-state index in [1.807, 2.05) is 0 Å². The number of esters is 1. The first-order chi connectivity index (χ1) is 12.0. The van der Waals surface area contributed by atoms with Crippen LogP contribution < -0.4 is 0 Å². The third-order valence-corrected chi connectivity index (χ3v) is 4.13. The van der Waals surface area contributed by atoms with Crippen LogP contribution in [0, 0.1) is 0 Å². The molecular formula is C19H16O6. The Hall–Kier alpha value is -2.83. The lowest BCUT2D eigenvalue weighted by atomic mass is 9.82. The van der Waals surface area contributed by atoms with Gasteiger partial charge in [-0.05, 0) is 35.7 Å². The second kappa shape index (κ2) is 6.58. The molecule has 0 saturated heterocycles. The molecular weight excluding hydrogens is 324 g/mol. The Bertz CT molecular complexity index is 870. The number of carbonyl (C=O) groups excluding carboxylic acids is 3. The van der Waals surface area contributed by atoms with Crippen LogP contribution in [0.5, 0.6) is 0 Å². The molecule has 0 saturated carbocycles. The van der Waals surface area contributed by atoms with Gasteiger partial charge in [0, 0.05) is 11.1 Å². The summed E-state index contributed by atoms with van der Waals surface area (Å²) in [5.74, 6) is -2.14. The Morgan fingerprint density at radius 3 is 2.20 bits per heavy atom. The average molecular weight is 340 g/mol. The van der Waals surface area contributed by atoms with Crippen LogP contribution in [0.1, 0.15) is 39.3 Å². The molecule has 1 aliphatic carbocycles. The number of hydrogen-bond acceptors (Lipinski definition) is 6. The van der Waals surface area contributed by atoms with Crippen LogP contribution in [-0.4, -0.2) is 40.5 Å². The molecule has 0 bridgehead atoms. The molecule has 2 aromatic rings. The first-order valence-corrected chi connectivity index (χ1v) is 7.80. The lowest BCUT2D eigenvalue weighted by Crippen LogP contribution is -2.30. The number of benzene rings is 2. The molecule has 0 spiro atoms. The average Bonchev–Trinajstić information content (AvgIpc) is 2.64. The van der Waals surface area contributed by atoms with E-state index in [2.05, 4.69) is 0 Å². The minimum Gasteiger partial charge on any atom is -0.464 e.